The Labute approximate surface area is 103 Å². The largest absolute Gasteiger partial charge is 0.481 e. The molecule has 2 N–H and O–H groups in total. The molecular formula is C12H13FN2O3. The number of carbonyl (C=O) groups is 2. The van der Waals surface area contributed by atoms with Gasteiger partial charge in [-0.15, -0.1) is 0 Å². The maximum atomic E-state index is 13.2. The van der Waals surface area contributed by atoms with Gasteiger partial charge in [0.05, 0.1) is 11.0 Å². The first-order valence-corrected chi connectivity index (χ1v) is 5.67. The van der Waals surface area contributed by atoms with Crippen molar-refractivity contribution in [3.8, 4) is 0 Å². The second-order valence-corrected chi connectivity index (χ2v) is 4.46. The molecule has 0 spiro atoms. The Bertz CT molecular complexity index is 486. The SMILES string of the molecule is O=C(NCC1(C(=O)O)CCC1)c1cccnc1F. The van der Waals surface area contributed by atoms with Gasteiger partial charge in [0.1, 0.15) is 0 Å². The van der Waals surface area contributed by atoms with Crippen LogP contribution in [0.15, 0.2) is 18.3 Å². The average Bonchev–Trinajstić information content (AvgIpc) is 2.27. The fourth-order valence-corrected chi connectivity index (χ4v) is 1.97. The number of aromatic nitrogens is 1. The standard InChI is InChI=1S/C12H13FN2O3/c13-9-8(3-1-6-14-9)10(16)15-7-12(11(17)18)4-2-5-12/h1,3,6H,2,4-5,7H2,(H,15,16)(H,17,18). The molecule has 0 saturated heterocycles. The van der Waals surface area contributed by atoms with Crippen LogP contribution < -0.4 is 5.32 Å². The van der Waals surface area contributed by atoms with Crippen LogP contribution in [0.3, 0.4) is 0 Å². The molecule has 6 heteroatoms. The van der Waals surface area contributed by atoms with Crippen LogP contribution in [0.2, 0.25) is 0 Å². The van der Waals surface area contributed by atoms with Crippen molar-refractivity contribution in [3.63, 3.8) is 0 Å². The van der Waals surface area contributed by atoms with E-state index in [1.165, 1.54) is 18.3 Å². The Morgan fingerprint density at radius 1 is 1.50 bits per heavy atom. The van der Waals surface area contributed by atoms with Gasteiger partial charge < -0.3 is 10.4 Å². The van der Waals surface area contributed by atoms with Crippen molar-refractivity contribution in [1.29, 1.82) is 0 Å². The maximum absolute atomic E-state index is 13.2. The van der Waals surface area contributed by atoms with Crippen LogP contribution in [0.4, 0.5) is 4.39 Å². The van der Waals surface area contributed by atoms with E-state index in [4.69, 9.17) is 5.11 Å². The van der Waals surface area contributed by atoms with Crippen LogP contribution in [0.5, 0.6) is 0 Å². The summed E-state index contributed by atoms with van der Waals surface area (Å²) in [6.07, 6.45) is 3.16. The quantitative estimate of drug-likeness (QED) is 0.789. The van der Waals surface area contributed by atoms with Crippen molar-refractivity contribution >= 4 is 11.9 Å². The minimum absolute atomic E-state index is 0.0233. The van der Waals surface area contributed by atoms with Crippen LogP contribution in [0.25, 0.3) is 0 Å². The molecule has 0 unspecified atom stereocenters. The molecular weight excluding hydrogens is 239 g/mol. The highest BCUT2D eigenvalue weighted by Crippen LogP contribution is 2.40. The summed E-state index contributed by atoms with van der Waals surface area (Å²) in [5, 5.41) is 11.5. The molecule has 1 aliphatic rings. The van der Waals surface area contributed by atoms with Crippen LogP contribution in [-0.4, -0.2) is 28.5 Å². The van der Waals surface area contributed by atoms with E-state index in [1.54, 1.807) is 0 Å². The van der Waals surface area contributed by atoms with Crippen molar-refractivity contribution in [2.45, 2.75) is 19.3 Å². The second-order valence-electron chi connectivity index (χ2n) is 4.46. The minimum atomic E-state index is -0.916. The molecule has 2 rings (SSSR count). The number of hydrogen-bond acceptors (Lipinski definition) is 3. The zero-order valence-electron chi connectivity index (χ0n) is 9.65. The van der Waals surface area contributed by atoms with E-state index < -0.39 is 23.2 Å². The van der Waals surface area contributed by atoms with Crippen LogP contribution in [0.1, 0.15) is 29.6 Å². The molecule has 0 bridgehead atoms. The molecule has 0 radical (unpaired) electrons. The fraction of sp³-hybridized carbons (Fsp3) is 0.417. The molecule has 1 aromatic heterocycles. The number of nitrogens with zero attached hydrogens (tertiary/aromatic N) is 1. The number of carbonyl (C=O) groups excluding carboxylic acids is 1. The Morgan fingerprint density at radius 3 is 2.72 bits per heavy atom. The maximum Gasteiger partial charge on any atom is 0.311 e. The molecule has 0 aliphatic heterocycles. The molecule has 1 aromatic rings. The Balaban J connectivity index is 2.01. The number of carboxylic acids is 1. The minimum Gasteiger partial charge on any atom is -0.481 e. The highest BCUT2D eigenvalue weighted by Gasteiger charge is 2.44. The van der Waals surface area contributed by atoms with Gasteiger partial charge in [-0.3, -0.25) is 9.59 Å². The summed E-state index contributed by atoms with van der Waals surface area (Å²) >= 11 is 0. The third-order valence-corrected chi connectivity index (χ3v) is 3.36. The third kappa shape index (κ3) is 2.18. The summed E-state index contributed by atoms with van der Waals surface area (Å²) in [6.45, 7) is 0.0233. The predicted octanol–water partition coefficient (Wildman–Crippen LogP) is 1.21. The van der Waals surface area contributed by atoms with Gasteiger partial charge >= 0.3 is 5.97 Å². The third-order valence-electron chi connectivity index (χ3n) is 3.36. The lowest BCUT2D eigenvalue weighted by Gasteiger charge is -2.37. The number of hydrogen-bond donors (Lipinski definition) is 2. The Hall–Kier alpha value is -1.98. The Kier molecular flexibility index (Phi) is 3.27. The molecule has 0 aromatic carbocycles. The topological polar surface area (TPSA) is 79.3 Å². The highest BCUT2D eigenvalue weighted by atomic mass is 19.1. The lowest BCUT2D eigenvalue weighted by molar-refractivity contribution is -0.153. The van der Waals surface area contributed by atoms with Crippen LogP contribution in [0, 0.1) is 11.4 Å². The first kappa shape index (κ1) is 12.5. The van der Waals surface area contributed by atoms with Crippen molar-refractivity contribution in [3.05, 3.63) is 29.8 Å². The molecule has 1 aliphatic carbocycles. The summed E-state index contributed by atoms with van der Waals surface area (Å²) in [6, 6.07) is 2.76. The zero-order valence-corrected chi connectivity index (χ0v) is 9.65. The summed E-state index contributed by atoms with van der Waals surface area (Å²) < 4.78 is 13.2. The van der Waals surface area contributed by atoms with Gasteiger partial charge in [0.15, 0.2) is 0 Å². The highest BCUT2D eigenvalue weighted by molar-refractivity contribution is 5.94. The number of carboxylic acid groups (broad SMARTS) is 1. The average molecular weight is 252 g/mol. The fourth-order valence-electron chi connectivity index (χ4n) is 1.97. The zero-order chi connectivity index (χ0) is 13.2. The van der Waals surface area contributed by atoms with Crippen molar-refractivity contribution in [2.75, 3.05) is 6.54 Å². The summed E-state index contributed by atoms with van der Waals surface area (Å²) in [5.74, 6) is -2.40. The molecule has 1 amide bonds. The van der Waals surface area contributed by atoms with Gasteiger partial charge in [-0.1, -0.05) is 6.42 Å². The lowest BCUT2D eigenvalue weighted by Crippen LogP contribution is -2.47. The second kappa shape index (κ2) is 4.72. The number of amides is 1. The first-order valence-electron chi connectivity index (χ1n) is 5.67. The van der Waals surface area contributed by atoms with E-state index in [1.807, 2.05) is 0 Å². The number of nitrogens with one attached hydrogen (secondary N) is 1. The van der Waals surface area contributed by atoms with Gasteiger partial charge in [-0.25, -0.2) is 4.98 Å². The summed E-state index contributed by atoms with van der Waals surface area (Å²) in [5.41, 5.74) is -1.05. The van der Waals surface area contributed by atoms with Gasteiger partial charge in [0.2, 0.25) is 5.95 Å². The molecule has 18 heavy (non-hydrogen) atoms. The number of halogens is 1. The number of rotatable bonds is 4. The van der Waals surface area contributed by atoms with Crippen molar-refractivity contribution in [1.82, 2.24) is 10.3 Å². The van der Waals surface area contributed by atoms with Gasteiger partial charge in [0.25, 0.3) is 5.91 Å². The van der Waals surface area contributed by atoms with Crippen molar-refractivity contribution < 1.29 is 19.1 Å². The summed E-state index contributed by atoms with van der Waals surface area (Å²) in [7, 11) is 0. The van der Waals surface area contributed by atoms with Crippen molar-refractivity contribution in [2.24, 2.45) is 5.41 Å². The monoisotopic (exact) mass is 252 g/mol. The van der Waals surface area contributed by atoms with Gasteiger partial charge in [-0.2, -0.15) is 4.39 Å². The summed E-state index contributed by atoms with van der Waals surface area (Å²) in [4.78, 5) is 26.1. The number of pyridine rings is 1. The predicted molar refractivity (Wildman–Crippen MR) is 60.4 cm³/mol. The molecule has 1 fully saturated rings. The normalized spacial score (nSPS) is 16.7. The molecule has 5 nitrogen and oxygen atoms in total. The van der Waals surface area contributed by atoms with E-state index in [0.29, 0.717) is 12.8 Å². The van der Waals surface area contributed by atoms with E-state index in [9.17, 15) is 14.0 Å². The molecule has 1 heterocycles. The molecule has 0 atom stereocenters. The van der Waals surface area contributed by atoms with Crippen LogP contribution >= 0.6 is 0 Å². The lowest BCUT2D eigenvalue weighted by atomic mass is 9.69. The molecule has 1 saturated carbocycles. The van der Waals surface area contributed by atoms with E-state index in [0.717, 1.165) is 6.42 Å². The van der Waals surface area contributed by atoms with Gasteiger partial charge in [0, 0.05) is 12.7 Å². The van der Waals surface area contributed by atoms with E-state index in [-0.39, 0.29) is 12.1 Å². The van der Waals surface area contributed by atoms with E-state index in [2.05, 4.69) is 10.3 Å². The molecule has 96 valence electrons. The Morgan fingerprint density at radius 2 is 2.22 bits per heavy atom. The first-order chi connectivity index (χ1) is 8.55. The smallest absolute Gasteiger partial charge is 0.311 e. The number of aliphatic carboxylic acids is 1. The van der Waals surface area contributed by atoms with Crippen LogP contribution in [-0.2, 0) is 4.79 Å². The van der Waals surface area contributed by atoms with Gasteiger partial charge in [-0.05, 0) is 25.0 Å². The van der Waals surface area contributed by atoms with E-state index >= 15 is 0 Å².